The molecule has 1 rings (SSSR count). The molecule has 2 atom stereocenters. The highest BCUT2D eigenvalue weighted by atomic mass is 16.1. The van der Waals surface area contributed by atoms with Crippen LogP contribution in [0, 0.1) is 30.1 Å². The lowest BCUT2D eigenvalue weighted by molar-refractivity contribution is -0.121. The third kappa shape index (κ3) is 2.07. The molecule has 1 fully saturated rings. The van der Waals surface area contributed by atoms with Gasteiger partial charge >= 0.3 is 0 Å². The highest BCUT2D eigenvalue weighted by molar-refractivity contribution is 5.83. The molecule has 1 saturated carbocycles. The first kappa shape index (κ1) is 9.25. The Morgan fingerprint density at radius 3 is 2.83 bits per heavy atom. The van der Waals surface area contributed by atoms with E-state index in [0.717, 1.165) is 25.7 Å². The summed E-state index contributed by atoms with van der Waals surface area (Å²) in [5, 5.41) is 8.34. The van der Waals surface area contributed by atoms with Gasteiger partial charge in [-0.2, -0.15) is 5.26 Å². The molecule has 0 saturated heterocycles. The van der Waals surface area contributed by atoms with E-state index < -0.39 is 0 Å². The molecule has 0 unspecified atom stereocenters. The average Bonchev–Trinajstić information content (AvgIpc) is 2.52. The van der Waals surface area contributed by atoms with Gasteiger partial charge in [0.25, 0.3) is 0 Å². The van der Waals surface area contributed by atoms with Crippen LogP contribution in [0.1, 0.15) is 32.1 Å². The first-order valence-electron chi connectivity index (χ1n) is 4.46. The predicted octanol–water partition coefficient (Wildman–Crippen LogP) is 2.11. The van der Waals surface area contributed by atoms with Gasteiger partial charge in [-0.1, -0.05) is 13.3 Å². The lowest BCUT2D eigenvalue weighted by atomic mass is 9.98. The van der Waals surface area contributed by atoms with E-state index in [1.807, 2.05) is 6.07 Å². The maximum absolute atomic E-state index is 11.3. The van der Waals surface area contributed by atoms with Crippen LogP contribution in [0.2, 0.25) is 0 Å². The molecule has 0 aromatic carbocycles. The normalized spacial score (nSPS) is 28.3. The van der Waals surface area contributed by atoms with Crippen LogP contribution < -0.4 is 0 Å². The Balaban J connectivity index is 2.37. The van der Waals surface area contributed by atoms with E-state index in [9.17, 15) is 4.79 Å². The summed E-state index contributed by atoms with van der Waals surface area (Å²) in [6.45, 7) is 3.83. The van der Waals surface area contributed by atoms with Gasteiger partial charge in [-0.25, -0.2) is 0 Å². The number of ketones is 1. The first-order valence-corrected chi connectivity index (χ1v) is 4.46. The van der Waals surface area contributed by atoms with E-state index in [4.69, 9.17) is 5.26 Å². The van der Waals surface area contributed by atoms with Crippen molar-refractivity contribution in [1.29, 1.82) is 5.26 Å². The molecule has 1 radical (unpaired) electrons. The lowest BCUT2D eigenvalue weighted by Gasteiger charge is -2.05. The molecule has 0 aliphatic heterocycles. The van der Waals surface area contributed by atoms with Gasteiger partial charge in [0, 0.05) is 5.92 Å². The number of carbonyl (C=O) groups is 1. The second-order valence-corrected chi connectivity index (χ2v) is 3.47. The van der Waals surface area contributed by atoms with Gasteiger partial charge in [-0.15, -0.1) is 0 Å². The minimum absolute atomic E-state index is 0.0918. The Kier molecular flexibility index (Phi) is 3.28. The molecular weight excluding hydrogens is 150 g/mol. The van der Waals surface area contributed by atoms with E-state index in [1.54, 1.807) is 0 Å². The van der Waals surface area contributed by atoms with Gasteiger partial charge in [0.15, 0.2) is 0 Å². The van der Waals surface area contributed by atoms with Crippen LogP contribution in [0.25, 0.3) is 0 Å². The van der Waals surface area contributed by atoms with E-state index in [1.165, 1.54) is 0 Å². The molecule has 12 heavy (non-hydrogen) atoms. The monoisotopic (exact) mass is 164 g/mol. The second kappa shape index (κ2) is 4.25. The van der Waals surface area contributed by atoms with E-state index >= 15 is 0 Å². The van der Waals surface area contributed by atoms with Crippen molar-refractivity contribution in [2.75, 3.05) is 0 Å². The van der Waals surface area contributed by atoms with Crippen LogP contribution in [-0.4, -0.2) is 5.78 Å². The maximum atomic E-state index is 11.3. The zero-order valence-electron chi connectivity index (χ0n) is 7.25. The summed E-state index contributed by atoms with van der Waals surface area (Å²) in [5.74, 6) is 0.919. The lowest BCUT2D eigenvalue weighted by Crippen LogP contribution is -2.10. The summed E-state index contributed by atoms with van der Waals surface area (Å²) in [6.07, 6.45) is 4.07. The molecular formula is C10H14NO. The van der Waals surface area contributed by atoms with Gasteiger partial charge in [0.05, 0.1) is 12.5 Å². The fourth-order valence-electron chi connectivity index (χ4n) is 1.85. The molecule has 0 aromatic heterocycles. The van der Waals surface area contributed by atoms with Crippen molar-refractivity contribution in [3.8, 4) is 6.07 Å². The van der Waals surface area contributed by atoms with Gasteiger partial charge in [-0.3, -0.25) is 4.79 Å². The van der Waals surface area contributed by atoms with Gasteiger partial charge in [0.1, 0.15) is 5.78 Å². The topological polar surface area (TPSA) is 40.9 Å². The molecule has 2 nitrogen and oxygen atoms in total. The third-order valence-electron chi connectivity index (χ3n) is 2.66. The summed E-state index contributed by atoms with van der Waals surface area (Å²) < 4.78 is 0. The summed E-state index contributed by atoms with van der Waals surface area (Å²) >= 11 is 0. The second-order valence-electron chi connectivity index (χ2n) is 3.47. The zero-order valence-corrected chi connectivity index (χ0v) is 7.25. The molecule has 0 aromatic rings. The van der Waals surface area contributed by atoms with Crippen molar-refractivity contribution in [2.24, 2.45) is 11.8 Å². The van der Waals surface area contributed by atoms with Crippen molar-refractivity contribution in [2.45, 2.75) is 32.1 Å². The summed E-state index contributed by atoms with van der Waals surface area (Å²) in [7, 11) is 0. The average molecular weight is 164 g/mol. The number of hydrogen-bond acceptors (Lipinski definition) is 2. The van der Waals surface area contributed by atoms with Crippen LogP contribution in [0.4, 0.5) is 0 Å². The van der Waals surface area contributed by atoms with Crippen LogP contribution in [0.3, 0.4) is 0 Å². The SMILES string of the molecule is [CH2]C[C@@H]1CC[C@@H](C(=O)CC#N)C1. The predicted molar refractivity (Wildman–Crippen MR) is 46.0 cm³/mol. The third-order valence-corrected chi connectivity index (χ3v) is 2.66. The number of nitrogens with zero attached hydrogens (tertiary/aromatic N) is 1. The Labute approximate surface area is 73.6 Å². The highest BCUT2D eigenvalue weighted by Crippen LogP contribution is 2.33. The molecule has 65 valence electrons. The fourth-order valence-corrected chi connectivity index (χ4v) is 1.85. The largest absolute Gasteiger partial charge is 0.298 e. The minimum atomic E-state index is 0.0918. The van der Waals surface area contributed by atoms with Crippen LogP contribution in [-0.2, 0) is 4.79 Å². The van der Waals surface area contributed by atoms with Crippen molar-refractivity contribution in [3.63, 3.8) is 0 Å². The van der Waals surface area contributed by atoms with E-state index in [2.05, 4.69) is 6.92 Å². The van der Waals surface area contributed by atoms with Crippen molar-refractivity contribution in [1.82, 2.24) is 0 Å². The Hall–Kier alpha value is -0.840. The zero-order chi connectivity index (χ0) is 8.97. The van der Waals surface area contributed by atoms with Gasteiger partial charge in [0.2, 0.25) is 0 Å². The van der Waals surface area contributed by atoms with Crippen molar-refractivity contribution >= 4 is 5.78 Å². The van der Waals surface area contributed by atoms with E-state index in [0.29, 0.717) is 5.92 Å². The molecule has 0 heterocycles. The number of Topliss-reactive ketones (excluding diaryl/α,β-unsaturated/α-hetero) is 1. The maximum Gasteiger partial charge on any atom is 0.149 e. The molecule has 0 N–H and O–H groups in total. The minimum Gasteiger partial charge on any atom is -0.298 e. The number of hydrogen-bond donors (Lipinski definition) is 0. The van der Waals surface area contributed by atoms with Gasteiger partial charge in [-0.05, 0) is 25.2 Å². The molecule has 2 heteroatoms. The fraction of sp³-hybridized carbons (Fsp3) is 0.700. The van der Waals surface area contributed by atoms with Gasteiger partial charge < -0.3 is 0 Å². The first-order chi connectivity index (χ1) is 5.77. The quantitative estimate of drug-likeness (QED) is 0.641. The van der Waals surface area contributed by atoms with E-state index in [-0.39, 0.29) is 18.1 Å². The highest BCUT2D eigenvalue weighted by Gasteiger charge is 2.28. The van der Waals surface area contributed by atoms with Crippen molar-refractivity contribution < 1.29 is 4.79 Å². The Morgan fingerprint density at radius 1 is 1.58 bits per heavy atom. The van der Waals surface area contributed by atoms with Crippen LogP contribution >= 0.6 is 0 Å². The summed E-state index contributed by atoms with van der Waals surface area (Å²) in [6, 6.07) is 1.91. The van der Waals surface area contributed by atoms with Crippen molar-refractivity contribution in [3.05, 3.63) is 6.92 Å². The summed E-state index contributed by atoms with van der Waals surface area (Å²) in [5.41, 5.74) is 0. The smallest absolute Gasteiger partial charge is 0.149 e. The number of rotatable bonds is 3. The standard InChI is InChI=1S/C10H14NO/c1-2-8-3-4-9(7-8)10(12)5-6-11/h8-9H,1-5,7H2/t8-,9-/m1/s1. The number of carbonyl (C=O) groups excluding carboxylic acids is 1. The van der Waals surface area contributed by atoms with Crippen LogP contribution in [0.5, 0.6) is 0 Å². The molecule has 0 bridgehead atoms. The molecule has 1 aliphatic rings. The number of nitriles is 1. The molecule has 0 amide bonds. The molecule has 0 spiro atoms. The Morgan fingerprint density at radius 2 is 2.33 bits per heavy atom. The van der Waals surface area contributed by atoms with Crippen LogP contribution in [0.15, 0.2) is 0 Å². The Bertz CT molecular complexity index is 204. The summed E-state index contributed by atoms with van der Waals surface area (Å²) in [4.78, 5) is 11.3. The molecule has 1 aliphatic carbocycles.